The van der Waals surface area contributed by atoms with E-state index in [1.165, 1.54) is 19.3 Å². The van der Waals surface area contributed by atoms with Gasteiger partial charge in [0, 0.05) is 31.3 Å². The van der Waals surface area contributed by atoms with Crippen molar-refractivity contribution in [3.63, 3.8) is 0 Å². The zero-order chi connectivity index (χ0) is 14.4. The molecule has 1 saturated heterocycles. The predicted molar refractivity (Wildman–Crippen MR) is 79.5 cm³/mol. The molecule has 1 heterocycles. The van der Waals surface area contributed by atoms with Gasteiger partial charge in [-0.15, -0.1) is 0 Å². The summed E-state index contributed by atoms with van der Waals surface area (Å²) in [6.07, 6.45) is 3.78. The molecule has 2 rings (SSSR count). The first-order chi connectivity index (χ1) is 9.80. The third-order valence-corrected chi connectivity index (χ3v) is 3.69. The number of hydrogen-bond acceptors (Lipinski definition) is 5. The molecule has 0 amide bonds. The highest BCUT2D eigenvalue weighted by atomic mass is 16.6. The fraction of sp³-hybridized carbons (Fsp3) is 0.600. The Bertz CT molecular complexity index is 431. The van der Waals surface area contributed by atoms with Crippen molar-refractivity contribution >= 4 is 5.69 Å². The Morgan fingerprint density at radius 1 is 1.00 bits per heavy atom. The van der Waals surface area contributed by atoms with Crippen LogP contribution in [0.15, 0.2) is 12.1 Å². The Balaban J connectivity index is 2.30. The average molecular weight is 280 g/mol. The van der Waals surface area contributed by atoms with Gasteiger partial charge in [-0.3, -0.25) is 0 Å². The van der Waals surface area contributed by atoms with Crippen molar-refractivity contribution in [3.8, 4) is 11.5 Å². The number of methoxy groups -OCH3 is 2. The number of hydroxylamine groups is 1. The Morgan fingerprint density at radius 2 is 1.70 bits per heavy atom. The van der Waals surface area contributed by atoms with Gasteiger partial charge in [-0.25, -0.2) is 0 Å². The summed E-state index contributed by atoms with van der Waals surface area (Å²) in [5, 5.41) is 0. The first-order valence-corrected chi connectivity index (χ1v) is 7.05. The van der Waals surface area contributed by atoms with Crippen LogP contribution < -0.4 is 19.9 Å². The monoisotopic (exact) mass is 280 g/mol. The summed E-state index contributed by atoms with van der Waals surface area (Å²) in [5.41, 5.74) is 4.98. The molecule has 1 aliphatic heterocycles. The van der Waals surface area contributed by atoms with E-state index in [2.05, 4.69) is 16.4 Å². The molecule has 1 aliphatic rings. The molecule has 0 saturated carbocycles. The quantitative estimate of drug-likeness (QED) is 0.810. The van der Waals surface area contributed by atoms with Gasteiger partial charge in [-0.05, 0) is 25.3 Å². The van der Waals surface area contributed by atoms with E-state index < -0.39 is 0 Å². The van der Waals surface area contributed by atoms with Crippen molar-refractivity contribution in [2.45, 2.75) is 25.8 Å². The second kappa shape index (κ2) is 7.36. The average Bonchev–Trinajstić information content (AvgIpc) is 2.52. The molecule has 0 unspecified atom stereocenters. The molecule has 0 bridgehead atoms. The van der Waals surface area contributed by atoms with Crippen LogP contribution in [0.25, 0.3) is 0 Å². The molecular formula is C15H24N2O3. The summed E-state index contributed by atoms with van der Waals surface area (Å²) in [6, 6.07) is 4.09. The van der Waals surface area contributed by atoms with Gasteiger partial charge in [0.25, 0.3) is 0 Å². The summed E-state index contributed by atoms with van der Waals surface area (Å²) in [7, 11) is 5.01. The Morgan fingerprint density at radius 3 is 2.30 bits per heavy atom. The maximum atomic E-state index is 5.55. The van der Waals surface area contributed by atoms with Crippen LogP contribution in [-0.2, 0) is 11.4 Å². The molecule has 0 radical (unpaired) electrons. The van der Waals surface area contributed by atoms with Gasteiger partial charge < -0.3 is 19.2 Å². The Labute approximate surface area is 120 Å². The zero-order valence-electron chi connectivity index (χ0n) is 12.6. The van der Waals surface area contributed by atoms with Gasteiger partial charge in [0.2, 0.25) is 0 Å². The van der Waals surface area contributed by atoms with Crippen LogP contribution in [0.1, 0.15) is 24.8 Å². The van der Waals surface area contributed by atoms with Crippen molar-refractivity contribution in [1.82, 2.24) is 5.48 Å². The van der Waals surface area contributed by atoms with Crippen molar-refractivity contribution in [2.75, 3.05) is 39.3 Å². The summed E-state index contributed by atoms with van der Waals surface area (Å²) in [4.78, 5) is 7.28. The Kier molecular flexibility index (Phi) is 5.49. The third kappa shape index (κ3) is 3.35. The lowest BCUT2D eigenvalue weighted by Crippen LogP contribution is -2.29. The van der Waals surface area contributed by atoms with Crippen molar-refractivity contribution < 1.29 is 14.3 Å². The topological polar surface area (TPSA) is 43.0 Å². The molecule has 1 aromatic carbocycles. The van der Waals surface area contributed by atoms with Gasteiger partial charge >= 0.3 is 0 Å². The number of piperidine rings is 1. The van der Waals surface area contributed by atoms with Crippen LogP contribution in [0, 0.1) is 0 Å². The molecule has 0 spiro atoms. The third-order valence-electron chi connectivity index (χ3n) is 3.69. The van der Waals surface area contributed by atoms with Crippen LogP contribution >= 0.6 is 0 Å². The minimum atomic E-state index is 0.580. The number of rotatable bonds is 6. The van der Waals surface area contributed by atoms with Gasteiger partial charge in [-0.2, -0.15) is 5.48 Å². The maximum Gasteiger partial charge on any atom is 0.142 e. The first-order valence-electron chi connectivity index (χ1n) is 7.05. The minimum absolute atomic E-state index is 0.580. The van der Waals surface area contributed by atoms with E-state index >= 15 is 0 Å². The van der Waals surface area contributed by atoms with E-state index in [0.29, 0.717) is 6.54 Å². The lowest BCUT2D eigenvalue weighted by molar-refractivity contribution is 0.0861. The molecule has 0 aromatic heterocycles. The lowest BCUT2D eigenvalue weighted by atomic mass is 10.1. The Hall–Kier alpha value is -1.46. The summed E-state index contributed by atoms with van der Waals surface area (Å²) in [5.74, 6) is 1.75. The van der Waals surface area contributed by atoms with E-state index in [1.807, 2.05) is 6.07 Å². The molecule has 0 aliphatic carbocycles. The molecule has 0 atom stereocenters. The number of nitrogens with zero attached hydrogens (tertiary/aromatic N) is 1. The van der Waals surface area contributed by atoms with E-state index in [4.69, 9.17) is 14.3 Å². The minimum Gasteiger partial charge on any atom is -0.496 e. The van der Waals surface area contributed by atoms with Crippen LogP contribution in [-0.4, -0.2) is 34.4 Å². The standard InChI is InChI=1S/C15H24N2O3/c1-18-14-10-13(17-7-5-4-6-8-17)15(19-2)9-12(14)11-16-20-3/h9-10,16H,4-8,11H2,1-3H3. The van der Waals surface area contributed by atoms with E-state index in [1.54, 1.807) is 21.3 Å². The number of nitrogens with one attached hydrogen (secondary N) is 1. The van der Waals surface area contributed by atoms with Crippen LogP contribution in [0.2, 0.25) is 0 Å². The molecular weight excluding hydrogens is 256 g/mol. The van der Waals surface area contributed by atoms with E-state index in [9.17, 15) is 0 Å². The molecule has 1 N–H and O–H groups in total. The zero-order valence-corrected chi connectivity index (χ0v) is 12.6. The van der Waals surface area contributed by atoms with Gasteiger partial charge in [0.1, 0.15) is 11.5 Å². The van der Waals surface area contributed by atoms with Crippen molar-refractivity contribution in [1.29, 1.82) is 0 Å². The first kappa shape index (κ1) is 14.9. The number of hydrogen-bond donors (Lipinski definition) is 1. The van der Waals surface area contributed by atoms with Gasteiger partial charge in [0.15, 0.2) is 0 Å². The maximum absolute atomic E-state index is 5.55. The summed E-state index contributed by atoms with van der Waals surface area (Å²) < 4.78 is 11.0. The van der Waals surface area contributed by atoms with Crippen LogP contribution in [0.4, 0.5) is 5.69 Å². The lowest BCUT2D eigenvalue weighted by Gasteiger charge is -2.30. The molecule has 112 valence electrons. The van der Waals surface area contributed by atoms with E-state index in [0.717, 1.165) is 35.8 Å². The highest BCUT2D eigenvalue weighted by molar-refractivity contribution is 5.64. The van der Waals surface area contributed by atoms with Crippen LogP contribution in [0.5, 0.6) is 11.5 Å². The summed E-state index contributed by atoms with van der Waals surface area (Å²) in [6.45, 7) is 2.74. The molecule has 1 fully saturated rings. The van der Waals surface area contributed by atoms with E-state index in [-0.39, 0.29) is 0 Å². The smallest absolute Gasteiger partial charge is 0.142 e. The highest BCUT2D eigenvalue weighted by Gasteiger charge is 2.18. The second-order valence-corrected chi connectivity index (χ2v) is 4.91. The van der Waals surface area contributed by atoms with Gasteiger partial charge in [-0.1, -0.05) is 0 Å². The normalized spacial score (nSPS) is 15.2. The molecule has 5 heteroatoms. The molecule has 20 heavy (non-hydrogen) atoms. The van der Waals surface area contributed by atoms with Gasteiger partial charge in [0.05, 0.1) is 27.0 Å². The number of anilines is 1. The summed E-state index contributed by atoms with van der Waals surface area (Å²) >= 11 is 0. The second-order valence-electron chi connectivity index (χ2n) is 4.91. The number of benzene rings is 1. The van der Waals surface area contributed by atoms with Crippen LogP contribution in [0.3, 0.4) is 0 Å². The number of ether oxygens (including phenoxy) is 2. The molecule has 1 aromatic rings. The molecule has 5 nitrogen and oxygen atoms in total. The SMILES string of the molecule is CONCc1cc(OC)c(N2CCCCC2)cc1OC. The van der Waals surface area contributed by atoms with Crippen molar-refractivity contribution in [3.05, 3.63) is 17.7 Å². The van der Waals surface area contributed by atoms with Crippen molar-refractivity contribution in [2.24, 2.45) is 0 Å². The highest BCUT2D eigenvalue weighted by Crippen LogP contribution is 2.36. The fourth-order valence-corrected chi connectivity index (χ4v) is 2.61. The predicted octanol–water partition coefficient (Wildman–Crippen LogP) is 2.35. The fourth-order valence-electron chi connectivity index (χ4n) is 2.61. The largest absolute Gasteiger partial charge is 0.496 e.